The third-order valence-corrected chi connectivity index (χ3v) is 3.49. The lowest BCUT2D eigenvalue weighted by Gasteiger charge is -2.27. The molecule has 0 bridgehead atoms. The van der Waals surface area contributed by atoms with Crippen molar-refractivity contribution in [3.05, 3.63) is 0 Å². The van der Waals surface area contributed by atoms with Gasteiger partial charge in [0.25, 0.3) is 0 Å². The average Bonchev–Trinajstić information content (AvgIpc) is 2.66. The van der Waals surface area contributed by atoms with Gasteiger partial charge in [-0.2, -0.15) is 0 Å². The maximum Gasteiger partial charge on any atom is 0.0218 e. The minimum absolute atomic E-state index is 0.540. The lowest BCUT2D eigenvalue weighted by Crippen LogP contribution is -2.45. The van der Waals surface area contributed by atoms with Crippen LogP contribution in [0.1, 0.15) is 52.4 Å². The highest BCUT2D eigenvalue weighted by atomic mass is 15.0. The minimum atomic E-state index is 0.540. The van der Waals surface area contributed by atoms with Crippen LogP contribution in [-0.4, -0.2) is 18.6 Å². The predicted octanol–water partition coefficient (Wildman–Crippen LogP) is 2.28. The van der Waals surface area contributed by atoms with Crippen LogP contribution in [0, 0.1) is 5.92 Å². The summed E-state index contributed by atoms with van der Waals surface area (Å²) in [6.45, 7) is 5.36. The largest absolute Gasteiger partial charge is 0.329 e. The van der Waals surface area contributed by atoms with E-state index in [1.807, 2.05) is 0 Å². The maximum absolute atomic E-state index is 5.82. The molecule has 1 aliphatic rings. The van der Waals surface area contributed by atoms with Gasteiger partial charge in [0.1, 0.15) is 0 Å². The standard InChI is InChI=1S/C12H26N2/c1-3-6-10(2)12(9-13)14-11-7-4-5-8-11/h10-12,14H,3-9,13H2,1-2H3. The number of nitrogens with two attached hydrogens (primary N) is 1. The maximum atomic E-state index is 5.82. The second-order valence-electron chi connectivity index (χ2n) is 4.76. The molecular weight excluding hydrogens is 172 g/mol. The van der Waals surface area contributed by atoms with E-state index in [9.17, 15) is 0 Å². The summed E-state index contributed by atoms with van der Waals surface area (Å²) in [6.07, 6.45) is 8.07. The van der Waals surface area contributed by atoms with Gasteiger partial charge in [-0.3, -0.25) is 0 Å². The molecule has 2 unspecified atom stereocenters. The van der Waals surface area contributed by atoms with Crippen molar-refractivity contribution in [3.8, 4) is 0 Å². The zero-order valence-electron chi connectivity index (χ0n) is 9.76. The van der Waals surface area contributed by atoms with Gasteiger partial charge in [-0.15, -0.1) is 0 Å². The van der Waals surface area contributed by atoms with Gasteiger partial charge in [-0.1, -0.05) is 33.1 Å². The van der Waals surface area contributed by atoms with Crippen molar-refractivity contribution >= 4 is 0 Å². The Labute approximate surface area is 88.6 Å². The molecule has 2 nitrogen and oxygen atoms in total. The van der Waals surface area contributed by atoms with Crippen LogP contribution < -0.4 is 11.1 Å². The highest BCUT2D eigenvalue weighted by Crippen LogP contribution is 2.20. The third kappa shape index (κ3) is 3.58. The molecule has 0 aromatic heterocycles. The molecule has 1 aliphatic carbocycles. The van der Waals surface area contributed by atoms with Gasteiger partial charge in [-0.25, -0.2) is 0 Å². The first-order valence-electron chi connectivity index (χ1n) is 6.24. The van der Waals surface area contributed by atoms with Gasteiger partial charge < -0.3 is 11.1 Å². The Bertz CT molecular complexity index is 141. The van der Waals surface area contributed by atoms with E-state index in [-0.39, 0.29) is 0 Å². The highest BCUT2D eigenvalue weighted by molar-refractivity contribution is 4.81. The molecular formula is C12H26N2. The Morgan fingerprint density at radius 2 is 2.00 bits per heavy atom. The van der Waals surface area contributed by atoms with Gasteiger partial charge in [0.05, 0.1) is 0 Å². The quantitative estimate of drug-likeness (QED) is 0.687. The molecule has 0 aromatic carbocycles. The third-order valence-electron chi connectivity index (χ3n) is 3.49. The fraction of sp³-hybridized carbons (Fsp3) is 1.00. The lowest BCUT2D eigenvalue weighted by molar-refractivity contribution is 0.325. The van der Waals surface area contributed by atoms with Crippen molar-refractivity contribution in [2.24, 2.45) is 11.7 Å². The zero-order chi connectivity index (χ0) is 10.4. The molecule has 0 heterocycles. The second kappa shape index (κ2) is 6.41. The Balaban J connectivity index is 2.29. The molecule has 0 spiro atoms. The summed E-state index contributed by atoms with van der Waals surface area (Å²) in [7, 11) is 0. The summed E-state index contributed by atoms with van der Waals surface area (Å²) >= 11 is 0. The van der Waals surface area contributed by atoms with E-state index in [1.165, 1.54) is 38.5 Å². The number of nitrogens with one attached hydrogen (secondary N) is 1. The summed E-state index contributed by atoms with van der Waals surface area (Å²) in [5.41, 5.74) is 5.82. The monoisotopic (exact) mass is 198 g/mol. The number of rotatable bonds is 6. The number of hydrogen-bond acceptors (Lipinski definition) is 2. The summed E-state index contributed by atoms with van der Waals surface area (Å²) in [5, 5.41) is 3.73. The van der Waals surface area contributed by atoms with E-state index < -0.39 is 0 Å². The van der Waals surface area contributed by atoms with Crippen molar-refractivity contribution in [1.29, 1.82) is 0 Å². The highest BCUT2D eigenvalue weighted by Gasteiger charge is 2.21. The van der Waals surface area contributed by atoms with Gasteiger partial charge in [0.2, 0.25) is 0 Å². The normalized spacial score (nSPS) is 22.5. The van der Waals surface area contributed by atoms with Gasteiger partial charge in [0.15, 0.2) is 0 Å². The molecule has 0 radical (unpaired) electrons. The van der Waals surface area contributed by atoms with Crippen LogP contribution in [0.15, 0.2) is 0 Å². The van der Waals surface area contributed by atoms with Crippen molar-refractivity contribution in [3.63, 3.8) is 0 Å². The van der Waals surface area contributed by atoms with E-state index in [4.69, 9.17) is 5.73 Å². The van der Waals surface area contributed by atoms with Gasteiger partial charge >= 0.3 is 0 Å². The summed E-state index contributed by atoms with van der Waals surface area (Å²) < 4.78 is 0. The SMILES string of the molecule is CCCC(C)C(CN)NC1CCCC1. The Hall–Kier alpha value is -0.0800. The van der Waals surface area contributed by atoms with Gasteiger partial charge in [0, 0.05) is 18.6 Å². The van der Waals surface area contributed by atoms with E-state index in [0.717, 1.165) is 18.5 Å². The van der Waals surface area contributed by atoms with Crippen LogP contribution in [0.3, 0.4) is 0 Å². The first-order chi connectivity index (χ1) is 6.77. The first kappa shape index (κ1) is 12.0. The van der Waals surface area contributed by atoms with E-state index in [1.54, 1.807) is 0 Å². The van der Waals surface area contributed by atoms with Crippen LogP contribution in [-0.2, 0) is 0 Å². The van der Waals surface area contributed by atoms with Crippen molar-refractivity contribution in [2.45, 2.75) is 64.5 Å². The van der Waals surface area contributed by atoms with E-state index in [0.29, 0.717) is 6.04 Å². The Kier molecular flexibility index (Phi) is 5.49. The summed E-state index contributed by atoms with van der Waals surface area (Å²) in [4.78, 5) is 0. The fourth-order valence-electron chi connectivity index (χ4n) is 2.52. The predicted molar refractivity (Wildman–Crippen MR) is 62.3 cm³/mol. The van der Waals surface area contributed by atoms with E-state index in [2.05, 4.69) is 19.2 Å². The van der Waals surface area contributed by atoms with Crippen LogP contribution >= 0.6 is 0 Å². The average molecular weight is 198 g/mol. The van der Waals surface area contributed by atoms with Crippen LogP contribution in [0.25, 0.3) is 0 Å². The zero-order valence-corrected chi connectivity index (χ0v) is 9.76. The number of hydrogen-bond donors (Lipinski definition) is 2. The molecule has 3 N–H and O–H groups in total. The molecule has 2 atom stereocenters. The molecule has 2 heteroatoms. The molecule has 0 amide bonds. The summed E-state index contributed by atoms with van der Waals surface area (Å²) in [6, 6.07) is 1.29. The smallest absolute Gasteiger partial charge is 0.0218 e. The Morgan fingerprint density at radius 1 is 1.36 bits per heavy atom. The van der Waals surface area contributed by atoms with Crippen molar-refractivity contribution in [1.82, 2.24) is 5.32 Å². The lowest BCUT2D eigenvalue weighted by atomic mass is 9.96. The molecule has 1 fully saturated rings. The first-order valence-corrected chi connectivity index (χ1v) is 6.24. The topological polar surface area (TPSA) is 38.0 Å². The molecule has 14 heavy (non-hydrogen) atoms. The van der Waals surface area contributed by atoms with Crippen LogP contribution in [0.2, 0.25) is 0 Å². The van der Waals surface area contributed by atoms with Crippen molar-refractivity contribution < 1.29 is 0 Å². The molecule has 0 aliphatic heterocycles. The molecule has 1 rings (SSSR count). The second-order valence-corrected chi connectivity index (χ2v) is 4.76. The van der Waals surface area contributed by atoms with Gasteiger partial charge in [-0.05, 0) is 25.2 Å². The summed E-state index contributed by atoms with van der Waals surface area (Å²) in [5.74, 6) is 0.727. The van der Waals surface area contributed by atoms with Crippen molar-refractivity contribution in [2.75, 3.05) is 6.54 Å². The van der Waals surface area contributed by atoms with Crippen LogP contribution in [0.4, 0.5) is 0 Å². The van der Waals surface area contributed by atoms with Crippen LogP contribution in [0.5, 0.6) is 0 Å². The molecule has 84 valence electrons. The fourth-order valence-corrected chi connectivity index (χ4v) is 2.52. The molecule has 0 saturated heterocycles. The molecule has 0 aromatic rings. The Morgan fingerprint density at radius 3 is 2.50 bits per heavy atom. The van der Waals surface area contributed by atoms with E-state index >= 15 is 0 Å². The molecule has 1 saturated carbocycles. The minimum Gasteiger partial charge on any atom is -0.329 e.